The van der Waals surface area contributed by atoms with Gasteiger partial charge in [-0.15, -0.1) is 0 Å². The summed E-state index contributed by atoms with van der Waals surface area (Å²) in [5.74, 6) is 0.978. The maximum absolute atomic E-state index is 12.0. The van der Waals surface area contributed by atoms with Gasteiger partial charge in [-0.1, -0.05) is 12.1 Å². The highest BCUT2D eigenvalue weighted by molar-refractivity contribution is 5.93. The fourth-order valence-corrected chi connectivity index (χ4v) is 3.29. The summed E-state index contributed by atoms with van der Waals surface area (Å²) in [6, 6.07) is 7.83. The molecule has 1 fully saturated rings. The van der Waals surface area contributed by atoms with Crippen LogP contribution >= 0.6 is 0 Å². The van der Waals surface area contributed by atoms with Crippen molar-refractivity contribution < 1.29 is 14.3 Å². The summed E-state index contributed by atoms with van der Waals surface area (Å²) in [5, 5.41) is 6.12. The summed E-state index contributed by atoms with van der Waals surface area (Å²) < 4.78 is 11.1. The van der Waals surface area contributed by atoms with Gasteiger partial charge in [-0.3, -0.25) is 4.79 Å². The van der Waals surface area contributed by atoms with Gasteiger partial charge in [0, 0.05) is 12.8 Å². The molecule has 1 saturated heterocycles. The Morgan fingerprint density at radius 2 is 2.05 bits per heavy atom. The predicted molar refractivity (Wildman–Crippen MR) is 83.8 cm³/mol. The molecule has 0 N–H and O–H groups in total. The second kappa shape index (κ2) is 5.39. The van der Waals surface area contributed by atoms with E-state index < -0.39 is 0 Å². The quantitative estimate of drug-likeness (QED) is 0.844. The molecule has 2 heterocycles. The van der Waals surface area contributed by atoms with Crippen molar-refractivity contribution in [1.82, 2.24) is 5.01 Å². The van der Waals surface area contributed by atoms with Crippen LogP contribution in [0.5, 0.6) is 5.75 Å². The highest BCUT2D eigenvalue weighted by Gasteiger charge is 2.46. The van der Waals surface area contributed by atoms with E-state index in [0.29, 0.717) is 6.61 Å². The van der Waals surface area contributed by atoms with E-state index in [9.17, 15) is 4.79 Å². The zero-order valence-electron chi connectivity index (χ0n) is 13.5. The monoisotopic (exact) mass is 302 g/mol. The average Bonchev–Trinajstić information content (AvgIpc) is 2.85. The summed E-state index contributed by atoms with van der Waals surface area (Å²) in [4.78, 5) is 12.0. The van der Waals surface area contributed by atoms with E-state index >= 15 is 0 Å². The van der Waals surface area contributed by atoms with Crippen molar-refractivity contribution in [3.8, 4) is 5.75 Å². The van der Waals surface area contributed by atoms with Crippen LogP contribution in [0.25, 0.3) is 0 Å². The van der Waals surface area contributed by atoms with E-state index in [-0.39, 0.29) is 23.5 Å². The first-order valence-electron chi connectivity index (χ1n) is 7.56. The molecule has 0 aliphatic carbocycles. The number of carbonyl (C=O) groups excluding carboxylic acids is 1. The molecule has 1 amide bonds. The number of benzene rings is 1. The Hall–Kier alpha value is -1.88. The molecule has 5 nitrogen and oxygen atoms in total. The molecule has 5 heteroatoms. The van der Waals surface area contributed by atoms with Gasteiger partial charge in [0.05, 0.1) is 31.1 Å². The fourth-order valence-electron chi connectivity index (χ4n) is 3.29. The normalized spacial score (nSPS) is 26.4. The van der Waals surface area contributed by atoms with Crippen molar-refractivity contribution in [3.63, 3.8) is 0 Å². The Kier molecular flexibility index (Phi) is 3.68. The molecule has 0 spiro atoms. The number of methoxy groups -OCH3 is 1. The lowest BCUT2D eigenvalue weighted by Gasteiger charge is -2.37. The van der Waals surface area contributed by atoms with Crippen molar-refractivity contribution in [3.05, 3.63) is 29.8 Å². The third-order valence-corrected chi connectivity index (χ3v) is 4.41. The standard InChI is InChI=1S/C17H22N2O3/c1-11(20)19-16(12-5-7-13(21-4)8-6-12)14-9-17(2,3)22-10-15(14)18-19/h5-8,14,16H,9-10H2,1-4H3/t14-,16-/m1/s1. The molecule has 118 valence electrons. The zero-order chi connectivity index (χ0) is 15.9. The van der Waals surface area contributed by atoms with Crippen LogP contribution in [0, 0.1) is 5.92 Å². The van der Waals surface area contributed by atoms with Crippen LogP contribution in [0.1, 0.15) is 38.8 Å². The number of hydrogen-bond acceptors (Lipinski definition) is 4. The number of carbonyl (C=O) groups is 1. The number of hydrogen-bond donors (Lipinski definition) is 0. The molecule has 2 aliphatic heterocycles. The lowest BCUT2D eigenvalue weighted by atomic mass is 9.80. The molecular formula is C17H22N2O3. The largest absolute Gasteiger partial charge is 0.497 e. The molecule has 22 heavy (non-hydrogen) atoms. The van der Waals surface area contributed by atoms with Crippen molar-refractivity contribution >= 4 is 11.6 Å². The van der Waals surface area contributed by atoms with Crippen LogP contribution in [-0.4, -0.2) is 35.9 Å². The van der Waals surface area contributed by atoms with Gasteiger partial charge in [0.1, 0.15) is 5.75 Å². The SMILES string of the molecule is COc1ccc([C@@H]2[C@@H]3CC(C)(C)OCC3=NN2C(C)=O)cc1. The Morgan fingerprint density at radius 3 is 2.64 bits per heavy atom. The molecule has 1 aromatic carbocycles. The van der Waals surface area contributed by atoms with Gasteiger partial charge >= 0.3 is 0 Å². The van der Waals surface area contributed by atoms with E-state index in [2.05, 4.69) is 18.9 Å². The Labute approximate surface area is 130 Å². The number of ether oxygens (including phenoxy) is 2. The van der Waals surface area contributed by atoms with E-state index in [1.54, 1.807) is 19.0 Å². The molecule has 3 rings (SSSR count). The molecular weight excluding hydrogens is 280 g/mol. The first-order valence-corrected chi connectivity index (χ1v) is 7.56. The smallest absolute Gasteiger partial charge is 0.240 e. The highest BCUT2D eigenvalue weighted by atomic mass is 16.5. The van der Waals surface area contributed by atoms with E-state index in [1.807, 2.05) is 24.3 Å². The Morgan fingerprint density at radius 1 is 1.36 bits per heavy atom. The third kappa shape index (κ3) is 2.61. The fraction of sp³-hybridized carbons (Fsp3) is 0.529. The second-order valence-corrected chi connectivity index (χ2v) is 6.53. The minimum atomic E-state index is -0.193. The molecule has 2 aliphatic rings. The minimum absolute atomic E-state index is 0.0412. The minimum Gasteiger partial charge on any atom is -0.497 e. The van der Waals surface area contributed by atoms with Crippen molar-refractivity contribution in [2.75, 3.05) is 13.7 Å². The maximum atomic E-state index is 12.0. The van der Waals surface area contributed by atoms with Gasteiger partial charge in [0.15, 0.2) is 0 Å². The molecule has 0 bridgehead atoms. The van der Waals surface area contributed by atoms with Gasteiger partial charge in [0.2, 0.25) is 5.91 Å². The average molecular weight is 302 g/mol. The predicted octanol–water partition coefficient (Wildman–Crippen LogP) is 2.77. The van der Waals surface area contributed by atoms with Crippen molar-refractivity contribution in [1.29, 1.82) is 0 Å². The van der Waals surface area contributed by atoms with Crippen molar-refractivity contribution in [2.45, 2.75) is 38.8 Å². The van der Waals surface area contributed by atoms with Crippen LogP contribution in [-0.2, 0) is 9.53 Å². The first-order chi connectivity index (χ1) is 10.4. The van der Waals surface area contributed by atoms with Crippen LogP contribution in [0.4, 0.5) is 0 Å². The topological polar surface area (TPSA) is 51.1 Å². The van der Waals surface area contributed by atoms with Crippen LogP contribution in [0.3, 0.4) is 0 Å². The van der Waals surface area contributed by atoms with E-state index in [0.717, 1.165) is 23.4 Å². The van der Waals surface area contributed by atoms with Crippen LogP contribution < -0.4 is 4.74 Å². The number of hydrazone groups is 1. The molecule has 0 saturated carbocycles. The molecule has 1 aromatic rings. The molecule has 2 atom stereocenters. The Balaban J connectivity index is 1.96. The lowest BCUT2D eigenvalue weighted by molar-refractivity contribution is -0.131. The number of fused-ring (bicyclic) bond motifs is 1. The zero-order valence-corrected chi connectivity index (χ0v) is 13.5. The van der Waals surface area contributed by atoms with Crippen molar-refractivity contribution in [2.24, 2.45) is 11.0 Å². The third-order valence-electron chi connectivity index (χ3n) is 4.41. The number of nitrogens with zero attached hydrogens (tertiary/aromatic N) is 2. The van der Waals surface area contributed by atoms with E-state index in [4.69, 9.17) is 9.47 Å². The lowest BCUT2D eigenvalue weighted by Crippen LogP contribution is -2.41. The summed E-state index contributed by atoms with van der Waals surface area (Å²) in [5.41, 5.74) is 1.86. The number of amides is 1. The van der Waals surface area contributed by atoms with Gasteiger partial charge in [0.25, 0.3) is 0 Å². The number of rotatable bonds is 2. The second-order valence-electron chi connectivity index (χ2n) is 6.53. The highest BCUT2D eigenvalue weighted by Crippen LogP contribution is 2.43. The summed E-state index contributed by atoms with van der Waals surface area (Å²) >= 11 is 0. The molecule has 0 aromatic heterocycles. The summed E-state index contributed by atoms with van der Waals surface area (Å²) in [7, 11) is 1.65. The summed E-state index contributed by atoms with van der Waals surface area (Å²) in [6.45, 7) is 6.23. The molecule has 0 unspecified atom stereocenters. The van der Waals surface area contributed by atoms with Crippen LogP contribution in [0.2, 0.25) is 0 Å². The van der Waals surface area contributed by atoms with Gasteiger partial charge < -0.3 is 9.47 Å². The van der Waals surface area contributed by atoms with Gasteiger partial charge in [-0.25, -0.2) is 5.01 Å². The molecule has 0 radical (unpaired) electrons. The van der Waals surface area contributed by atoms with Gasteiger partial charge in [-0.05, 0) is 38.0 Å². The maximum Gasteiger partial charge on any atom is 0.240 e. The first kappa shape index (κ1) is 15.0. The summed E-state index contributed by atoms with van der Waals surface area (Å²) in [6.07, 6.45) is 0.853. The Bertz CT molecular complexity index is 607. The van der Waals surface area contributed by atoms with Gasteiger partial charge in [-0.2, -0.15) is 5.10 Å². The van der Waals surface area contributed by atoms with E-state index in [1.165, 1.54) is 0 Å². The van der Waals surface area contributed by atoms with Crippen LogP contribution in [0.15, 0.2) is 29.4 Å².